The van der Waals surface area contributed by atoms with E-state index < -0.39 is 0 Å². The lowest BCUT2D eigenvalue weighted by Crippen LogP contribution is -2.42. The van der Waals surface area contributed by atoms with Gasteiger partial charge in [-0.05, 0) is 25.0 Å². The Hall–Kier alpha value is -2.50. The smallest absolute Gasteiger partial charge is 0.276 e. The first kappa shape index (κ1) is 16.4. The summed E-state index contributed by atoms with van der Waals surface area (Å²) in [6.07, 6.45) is 4.81. The first-order valence-electron chi connectivity index (χ1n) is 8.26. The second kappa shape index (κ2) is 6.95. The fraction of sp³-hybridized carbons (Fsp3) is 0.444. The average molecular weight is 327 g/mol. The molecule has 1 aliphatic heterocycles. The zero-order chi connectivity index (χ0) is 17.1. The van der Waals surface area contributed by atoms with Gasteiger partial charge in [0.25, 0.3) is 5.91 Å². The number of nitrogens with zero attached hydrogens (tertiary/aromatic N) is 3. The number of hydrogen-bond acceptors (Lipinski definition) is 5. The van der Waals surface area contributed by atoms with Crippen molar-refractivity contribution in [3.8, 4) is 0 Å². The maximum Gasteiger partial charge on any atom is 0.276 e. The first-order valence-corrected chi connectivity index (χ1v) is 8.26. The van der Waals surface area contributed by atoms with Crippen LogP contribution in [0, 0.1) is 5.92 Å². The average Bonchev–Trinajstić information content (AvgIpc) is 3.12. The minimum Gasteiger partial charge on any atom is -0.360 e. The molecule has 0 N–H and O–H groups in total. The number of carbonyl (C=O) groups excluding carboxylic acids is 2. The van der Waals surface area contributed by atoms with E-state index >= 15 is 0 Å². The lowest BCUT2D eigenvalue weighted by molar-refractivity contribution is 0.0628. The maximum atomic E-state index is 12.6. The third-order valence-corrected chi connectivity index (χ3v) is 4.34. The Bertz CT molecular complexity index is 724. The van der Waals surface area contributed by atoms with Gasteiger partial charge in [-0.15, -0.1) is 0 Å². The van der Waals surface area contributed by atoms with Crippen LogP contribution in [-0.2, 0) is 0 Å². The second-order valence-corrected chi connectivity index (χ2v) is 6.47. The molecule has 2 aromatic rings. The molecule has 3 heterocycles. The quantitative estimate of drug-likeness (QED) is 0.807. The highest BCUT2D eigenvalue weighted by atomic mass is 16.5. The predicted octanol–water partition coefficient (Wildman–Crippen LogP) is 2.93. The van der Waals surface area contributed by atoms with Gasteiger partial charge in [-0.2, -0.15) is 0 Å². The van der Waals surface area contributed by atoms with Gasteiger partial charge < -0.3 is 9.42 Å². The molecule has 6 nitrogen and oxygen atoms in total. The Kier molecular flexibility index (Phi) is 4.74. The van der Waals surface area contributed by atoms with Gasteiger partial charge >= 0.3 is 0 Å². The summed E-state index contributed by atoms with van der Waals surface area (Å²) >= 11 is 0. The highest BCUT2D eigenvalue weighted by Gasteiger charge is 2.30. The van der Waals surface area contributed by atoms with E-state index in [9.17, 15) is 9.59 Å². The fourth-order valence-electron chi connectivity index (χ4n) is 2.94. The number of rotatable bonds is 4. The van der Waals surface area contributed by atoms with E-state index in [1.165, 1.54) is 0 Å². The zero-order valence-electron chi connectivity index (χ0n) is 13.9. The number of hydrogen-bond donors (Lipinski definition) is 0. The predicted molar refractivity (Wildman–Crippen MR) is 87.8 cm³/mol. The molecule has 0 aromatic carbocycles. The van der Waals surface area contributed by atoms with E-state index in [1.807, 2.05) is 13.8 Å². The van der Waals surface area contributed by atoms with Crippen LogP contribution in [0.1, 0.15) is 59.2 Å². The lowest BCUT2D eigenvalue weighted by atomic mass is 9.90. The van der Waals surface area contributed by atoms with Crippen molar-refractivity contribution in [2.45, 2.75) is 32.6 Å². The summed E-state index contributed by atoms with van der Waals surface area (Å²) in [5.41, 5.74) is 0.911. The molecule has 0 unspecified atom stereocenters. The van der Waals surface area contributed by atoms with Gasteiger partial charge in [0, 0.05) is 48.9 Å². The van der Waals surface area contributed by atoms with Crippen molar-refractivity contribution < 1.29 is 14.1 Å². The zero-order valence-corrected chi connectivity index (χ0v) is 13.9. The monoisotopic (exact) mass is 327 g/mol. The van der Waals surface area contributed by atoms with Crippen molar-refractivity contribution in [2.75, 3.05) is 13.1 Å². The van der Waals surface area contributed by atoms with Crippen molar-refractivity contribution in [3.05, 3.63) is 47.6 Å². The molecule has 2 aromatic heterocycles. The largest absolute Gasteiger partial charge is 0.360 e. The highest BCUT2D eigenvalue weighted by molar-refractivity contribution is 5.98. The number of likely N-dealkylation sites (tertiary alicyclic amines) is 1. The summed E-state index contributed by atoms with van der Waals surface area (Å²) < 4.78 is 5.21. The second-order valence-electron chi connectivity index (χ2n) is 6.47. The fourth-order valence-corrected chi connectivity index (χ4v) is 2.94. The van der Waals surface area contributed by atoms with Crippen LogP contribution in [0.25, 0.3) is 0 Å². The lowest BCUT2D eigenvalue weighted by Gasteiger charge is -2.31. The first-order chi connectivity index (χ1) is 11.6. The summed E-state index contributed by atoms with van der Waals surface area (Å²) in [4.78, 5) is 30.9. The highest BCUT2D eigenvalue weighted by Crippen LogP contribution is 2.23. The van der Waals surface area contributed by atoms with E-state index in [2.05, 4.69) is 10.1 Å². The van der Waals surface area contributed by atoms with Crippen LogP contribution < -0.4 is 0 Å². The number of carbonyl (C=O) groups is 2. The van der Waals surface area contributed by atoms with E-state index in [4.69, 9.17) is 4.52 Å². The van der Waals surface area contributed by atoms with Crippen LogP contribution in [0.3, 0.4) is 0 Å². The van der Waals surface area contributed by atoms with Gasteiger partial charge in [0.05, 0.1) is 0 Å². The molecule has 1 fully saturated rings. The molecule has 126 valence electrons. The molecule has 1 atom stereocenters. The Morgan fingerprint density at radius 3 is 2.88 bits per heavy atom. The number of piperidine rings is 1. The van der Waals surface area contributed by atoms with Gasteiger partial charge in [0.15, 0.2) is 11.5 Å². The Labute approximate surface area is 140 Å². The number of pyridine rings is 1. The van der Waals surface area contributed by atoms with E-state index in [0.717, 1.165) is 12.8 Å². The van der Waals surface area contributed by atoms with E-state index in [0.29, 0.717) is 30.1 Å². The summed E-state index contributed by atoms with van der Waals surface area (Å²) in [6, 6.07) is 5.21. The molecule has 1 aliphatic rings. The summed E-state index contributed by atoms with van der Waals surface area (Å²) in [5, 5.41) is 3.88. The molecule has 6 heteroatoms. The van der Waals surface area contributed by atoms with Gasteiger partial charge in [-0.3, -0.25) is 14.6 Å². The third kappa shape index (κ3) is 3.37. The van der Waals surface area contributed by atoms with Crippen LogP contribution in [-0.4, -0.2) is 39.8 Å². The Morgan fingerprint density at radius 2 is 2.21 bits per heavy atom. The Morgan fingerprint density at radius 1 is 1.38 bits per heavy atom. The third-order valence-electron chi connectivity index (χ3n) is 4.34. The van der Waals surface area contributed by atoms with Gasteiger partial charge in [0.2, 0.25) is 0 Å². The molecular formula is C18H21N3O3. The normalized spacial score (nSPS) is 18.0. The number of amides is 1. The number of ketones is 1. The van der Waals surface area contributed by atoms with Crippen LogP contribution in [0.5, 0.6) is 0 Å². The topological polar surface area (TPSA) is 76.3 Å². The molecule has 0 bridgehead atoms. The van der Waals surface area contributed by atoms with Crippen LogP contribution in [0.15, 0.2) is 35.1 Å². The van der Waals surface area contributed by atoms with Crippen LogP contribution >= 0.6 is 0 Å². The van der Waals surface area contributed by atoms with Crippen molar-refractivity contribution in [2.24, 2.45) is 5.92 Å². The summed E-state index contributed by atoms with van der Waals surface area (Å²) in [6.45, 7) is 5.02. The van der Waals surface area contributed by atoms with Crippen molar-refractivity contribution in [3.63, 3.8) is 0 Å². The van der Waals surface area contributed by atoms with Crippen molar-refractivity contribution in [1.82, 2.24) is 15.0 Å². The standard InChI is InChI=1S/C18H21N3O3/c1-12(2)16-9-15(20-24-16)18(23)21-8-4-6-14(11-21)17(22)13-5-3-7-19-10-13/h3,5,7,9-10,12,14H,4,6,8,11H2,1-2H3/t14-/m0/s1. The van der Waals surface area contributed by atoms with Crippen LogP contribution in [0.4, 0.5) is 0 Å². The minimum absolute atomic E-state index is 0.0450. The molecule has 0 aliphatic carbocycles. The Balaban J connectivity index is 1.70. The minimum atomic E-state index is -0.191. The summed E-state index contributed by atoms with van der Waals surface area (Å²) in [5.74, 6) is 0.556. The molecule has 1 amide bonds. The van der Waals surface area contributed by atoms with Crippen molar-refractivity contribution in [1.29, 1.82) is 0 Å². The molecule has 3 rings (SSSR count). The number of aromatic nitrogens is 2. The van der Waals surface area contributed by atoms with Crippen LogP contribution in [0.2, 0.25) is 0 Å². The van der Waals surface area contributed by atoms with E-state index in [-0.39, 0.29) is 23.5 Å². The number of Topliss-reactive ketones (excluding diaryl/α,β-unsaturated/α-hetero) is 1. The van der Waals surface area contributed by atoms with Crippen molar-refractivity contribution >= 4 is 11.7 Å². The molecule has 24 heavy (non-hydrogen) atoms. The van der Waals surface area contributed by atoms with E-state index in [1.54, 1.807) is 35.5 Å². The van der Waals surface area contributed by atoms with Gasteiger partial charge in [-0.25, -0.2) is 0 Å². The molecular weight excluding hydrogens is 306 g/mol. The van der Waals surface area contributed by atoms with Gasteiger partial charge in [-0.1, -0.05) is 19.0 Å². The maximum absolute atomic E-state index is 12.6. The molecule has 1 saturated heterocycles. The summed E-state index contributed by atoms with van der Waals surface area (Å²) in [7, 11) is 0. The SMILES string of the molecule is CC(C)c1cc(C(=O)N2CCC[C@H](C(=O)c3cccnc3)C2)no1. The molecule has 0 saturated carbocycles. The van der Waals surface area contributed by atoms with Gasteiger partial charge in [0.1, 0.15) is 5.76 Å². The molecule has 0 radical (unpaired) electrons. The molecule has 0 spiro atoms.